The van der Waals surface area contributed by atoms with Crippen molar-refractivity contribution in [3.05, 3.63) is 11.7 Å². The molecule has 120 valence electrons. The summed E-state index contributed by atoms with van der Waals surface area (Å²) >= 11 is 1.86. The predicted molar refractivity (Wildman–Crippen MR) is 88.6 cm³/mol. The van der Waals surface area contributed by atoms with E-state index in [4.69, 9.17) is 4.52 Å². The fraction of sp³-hybridized carbons (Fsp3) is 0.875. The van der Waals surface area contributed by atoms with Gasteiger partial charge < -0.3 is 9.84 Å². The van der Waals surface area contributed by atoms with Crippen LogP contribution in [-0.4, -0.2) is 27.5 Å². The van der Waals surface area contributed by atoms with Gasteiger partial charge in [-0.25, -0.2) is 0 Å². The Bertz CT molecular complexity index is 419. The molecule has 1 aliphatic carbocycles. The molecule has 0 atom stereocenters. The zero-order valence-electron chi connectivity index (χ0n) is 13.8. The van der Waals surface area contributed by atoms with Crippen molar-refractivity contribution >= 4 is 11.8 Å². The average Bonchev–Trinajstić information content (AvgIpc) is 2.92. The zero-order valence-corrected chi connectivity index (χ0v) is 14.6. The van der Waals surface area contributed by atoms with Crippen molar-refractivity contribution in [3.8, 4) is 0 Å². The number of hydrogen-bond donors (Lipinski definition) is 1. The van der Waals surface area contributed by atoms with E-state index in [1.54, 1.807) is 0 Å². The lowest BCUT2D eigenvalue weighted by Gasteiger charge is -2.27. The van der Waals surface area contributed by atoms with Crippen molar-refractivity contribution in [1.29, 1.82) is 0 Å². The second-order valence-corrected chi connectivity index (χ2v) is 8.75. The van der Waals surface area contributed by atoms with E-state index in [9.17, 15) is 0 Å². The number of hydrogen-bond acceptors (Lipinski definition) is 5. The summed E-state index contributed by atoms with van der Waals surface area (Å²) in [7, 11) is 0. The fourth-order valence-corrected chi connectivity index (χ4v) is 3.35. The molecule has 0 radical (unpaired) electrons. The highest BCUT2D eigenvalue weighted by atomic mass is 32.2. The summed E-state index contributed by atoms with van der Waals surface area (Å²) in [5, 5.41) is 7.76. The SMILES string of the molecule is CCCNC1CCC(c2nc(CSC(C)(C)C)no2)CC1. The summed E-state index contributed by atoms with van der Waals surface area (Å²) in [5.41, 5.74) is 0. The third kappa shape index (κ3) is 5.62. The minimum Gasteiger partial charge on any atom is -0.339 e. The smallest absolute Gasteiger partial charge is 0.229 e. The normalized spacial score (nSPS) is 23.4. The molecule has 1 heterocycles. The van der Waals surface area contributed by atoms with Gasteiger partial charge in [0.05, 0.1) is 5.75 Å². The van der Waals surface area contributed by atoms with Crippen LogP contribution >= 0.6 is 11.8 Å². The van der Waals surface area contributed by atoms with Crippen molar-refractivity contribution < 1.29 is 4.52 Å². The van der Waals surface area contributed by atoms with Crippen LogP contribution in [0.25, 0.3) is 0 Å². The van der Waals surface area contributed by atoms with E-state index < -0.39 is 0 Å². The molecule has 0 bridgehead atoms. The highest BCUT2D eigenvalue weighted by molar-refractivity contribution is 7.99. The Hall–Kier alpha value is -0.550. The van der Waals surface area contributed by atoms with Crippen LogP contribution in [0.1, 0.15) is 77.4 Å². The summed E-state index contributed by atoms with van der Waals surface area (Å²) < 4.78 is 5.73. The molecule has 5 heteroatoms. The third-order valence-electron chi connectivity index (χ3n) is 3.88. The lowest BCUT2D eigenvalue weighted by Crippen LogP contribution is -2.33. The Labute approximate surface area is 132 Å². The molecule has 4 nitrogen and oxygen atoms in total. The molecule has 1 aromatic rings. The first kappa shape index (κ1) is 16.8. The van der Waals surface area contributed by atoms with Crippen LogP contribution in [0.15, 0.2) is 4.52 Å². The lowest BCUT2D eigenvalue weighted by atomic mass is 9.86. The molecule has 0 saturated heterocycles. The van der Waals surface area contributed by atoms with Crippen LogP contribution in [0.4, 0.5) is 0 Å². The molecule has 1 aromatic heterocycles. The predicted octanol–water partition coefficient (Wildman–Crippen LogP) is 4.13. The van der Waals surface area contributed by atoms with Gasteiger partial charge in [-0.2, -0.15) is 4.98 Å². The molecule has 0 aromatic carbocycles. The lowest BCUT2D eigenvalue weighted by molar-refractivity contribution is 0.282. The molecule has 2 rings (SSSR count). The first-order chi connectivity index (χ1) is 9.98. The number of rotatable bonds is 6. The molecule has 0 amide bonds. The second kappa shape index (κ2) is 7.63. The number of nitrogens with one attached hydrogen (secondary N) is 1. The fourth-order valence-electron chi connectivity index (χ4n) is 2.67. The van der Waals surface area contributed by atoms with Gasteiger partial charge in [-0.3, -0.25) is 0 Å². The third-order valence-corrected chi connectivity index (χ3v) is 5.15. The van der Waals surface area contributed by atoms with Crippen LogP contribution in [0.3, 0.4) is 0 Å². The van der Waals surface area contributed by atoms with Gasteiger partial charge in [-0.1, -0.05) is 32.9 Å². The summed E-state index contributed by atoms with van der Waals surface area (Å²) in [4.78, 5) is 4.61. The van der Waals surface area contributed by atoms with Gasteiger partial charge in [0.15, 0.2) is 5.82 Å². The monoisotopic (exact) mass is 311 g/mol. The summed E-state index contributed by atoms with van der Waals surface area (Å²) in [6.07, 6.45) is 5.97. The van der Waals surface area contributed by atoms with Crippen molar-refractivity contribution in [2.75, 3.05) is 6.54 Å². The van der Waals surface area contributed by atoms with Crippen molar-refractivity contribution in [2.24, 2.45) is 0 Å². The van der Waals surface area contributed by atoms with Gasteiger partial charge in [0.2, 0.25) is 5.89 Å². The average molecular weight is 311 g/mol. The molecule has 1 aliphatic rings. The standard InChI is InChI=1S/C16H29N3OS/c1-5-10-17-13-8-6-12(7-9-13)15-18-14(19-20-15)11-21-16(2,3)4/h12-13,17H,5-11H2,1-4H3. The van der Waals surface area contributed by atoms with Crippen LogP contribution in [0, 0.1) is 0 Å². The van der Waals surface area contributed by atoms with Crippen LogP contribution < -0.4 is 5.32 Å². The van der Waals surface area contributed by atoms with Gasteiger partial charge in [0.1, 0.15) is 0 Å². The summed E-state index contributed by atoms with van der Waals surface area (Å²) in [6, 6.07) is 0.681. The molecular formula is C16H29N3OS. The van der Waals surface area contributed by atoms with Crippen molar-refractivity contribution in [3.63, 3.8) is 0 Å². The second-order valence-electron chi connectivity index (χ2n) is 6.95. The molecule has 0 unspecified atom stereocenters. The molecule has 1 fully saturated rings. The summed E-state index contributed by atoms with van der Waals surface area (Å²) in [6.45, 7) is 9.98. The Balaban J connectivity index is 1.80. The zero-order chi connectivity index (χ0) is 15.3. The van der Waals surface area contributed by atoms with Gasteiger partial charge in [0, 0.05) is 16.7 Å². The molecule has 0 spiro atoms. The van der Waals surface area contributed by atoms with Gasteiger partial charge >= 0.3 is 0 Å². The minimum atomic E-state index is 0.240. The number of aromatic nitrogens is 2. The van der Waals surface area contributed by atoms with Crippen molar-refractivity contribution in [1.82, 2.24) is 15.5 Å². The quantitative estimate of drug-likeness (QED) is 0.856. The number of nitrogens with zero attached hydrogens (tertiary/aromatic N) is 2. The highest BCUT2D eigenvalue weighted by Gasteiger charge is 2.26. The maximum atomic E-state index is 5.49. The van der Waals surface area contributed by atoms with Crippen LogP contribution in [-0.2, 0) is 5.75 Å². The van der Waals surface area contributed by atoms with Gasteiger partial charge in [-0.15, -0.1) is 11.8 Å². The molecule has 1 N–H and O–H groups in total. The van der Waals surface area contributed by atoms with E-state index >= 15 is 0 Å². The molecular weight excluding hydrogens is 282 g/mol. The van der Waals surface area contributed by atoms with E-state index in [-0.39, 0.29) is 4.75 Å². The van der Waals surface area contributed by atoms with E-state index in [1.807, 2.05) is 11.8 Å². The number of thioether (sulfide) groups is 1. The maximum Gasteiger partial charge on any atom is 0.229 e. The minimum absolute atomic E-state index is 0.240. The Morgan fingerprint density at radius 2 is 1.95 bits per heavy atom. The highest BCUT2D eigenvalue weighted by Crippen LogP contribution is 2.33. The van der Waals surface area contributed by atoms with Crippen LogP contribution in [0.2, 0.25) is 0 Å². The van der Waals surface area contributed by atoms with E-state index in [2.05, 4.69) is 43.2 Å². The van der Waals surface area contributed by atoms with E-state index in [1.165, 1.54) is 19.3 Å². The first-order valence-electron chi connectivity index (χ1n) is 8.17. The summed E-state index contributed by atoms with van der Waals surface area (Å²) in [5.74, 6) is 3.00. The van der Waals surface area contributed by atoms with Gasteiger partial charge in [0.25, 0.3) is 0 Å². The largest absolute Gasteiger partial charge is 0.339 e. The van der Waals surface area contributed by atoms with E-state index in [0.717, 1.165) is 36.9 Å². The van der Waals surface area contributed by atoms with Crippen molar-refractivity contribution in [2.45, 2.75) is 82.3 Å². The Morgan fingerprint density at radius 3 is 2.57 bits per heavy atom. The Kier molecular flexibility index (Phi) is 6.11. The Morgan fingerprint density at radius 1 is 1.24 bits per heavy atom. The first-order valence-corrected chi connectivity index (χ1v) is 9.16. The topological polar surface area (TPSA) is 51.0 Å². The maximum absolute atomic E-state index is 5.49. The van der Waals surface area contributed by atoms with Crippen LogP contribution in [0.5, 0.6) is 0 Å². The molecule has 0 aliphatic heterocycles. The molecule has 21 heavy (non-hydrogen) atoms. The molecule has 1 saturated carbocycles. The van der Waals surface area contributed by atoms with E-state index in [0.29, 0.717) is 12.0 Å². The van der Waals surface area contributed by atoms with Gasteiger partial charge in [-0.05, 0) is 38.6 Å².